The standard InChI is InChI=1S/C27H23ClF10N2O2/c1-12-8-16(9-13(2)21(12)28)18(26(33,34)35)11-20(29)15-4-5-17(19(10-15)27(36,37)38)22(41)40-24(6-7-24)23(42)39-14(3)25(30,31)32/h4-5,8-11,14,18H,6-7H2,1-3H3,(H,39,42)(H,40,41)/b20-11-. The minimum absolute atomic E-state index is 0.0999. The molecule has 0 aliphatic heterocycles. The summed E-state index contributed by atoms with van der Waals surface area (Å²) < 4.78 is 137. The monoisotopic (exact) mass is 632 g/mol. The van der Waals surface area contributed by atoms with Gasteiger partial charge in [-0.1, -0.05) is 29.8 Å². The van der Waals surface area contributed by atoms with Gasteiger partial charge in [-0.3, -0.25) is 9.59 Å². The fourth-order valence-corrected chi connectivity index (χ4v) is 4.25. The zero-order valence-electron chi connectivity index (χ0n) is 22.0. The number of amides is 2. The van der Waals surface area contributed by atoms with Crippen LogP contribution in [0.25, 0.3) is 5.83 Å². The lowest BCUT2D eigenvalue weighted by atomic mass is 9.93. The van der Waals surface area contributed by atoms with Crippen LogP contribution in [-0.2, 0) is 11.0 Å². The van der Waals surface area contributed by atoms with Crippen molar-refractivity contribution in [3.63, 3.8) is 0 Å². The largest absolute Gasteiger partial charge is 0.417 e. The number of nitrogens with one attached hydrogen (secondary N) is 2. The van der Waals surface area contributed by atoms with Gasteiger partial charge in [0.15, 0.2) is 0 Å². The van der Waals surface area contributed by atoms with Gasteiger partial charge in [0.1, 0.15) is 23.3 Å². The maximum Gasteiger partial charge on any atom is 0.417 e. The molecule has 2 aromatic carbocycles. The molecule has 15 heteroatoms. The van der Waals surface area contributed by atoms with Gasteiger partial charge in [0.05, 0.1) is 11.1 Å². The van der Waals surface area contributed by atoms with Crippen molar-refractivity contribution in [1.29, 1.82) is 0 Å². The molecule has 1 aliphatic carbocycles. The third-order valence-corrected chi connectivity index (χ3v) is 7.30. The van der Waals surface area contributed by atoms with Gasteiger partial charge in [0, 0.05) is 10.6 Å². The predicted molar refractivity (Wildman–Crippen MR) is 133 cm³/mol. The van der Waals surface area contributed by atoms with E-state index >= 15 is 4.39 Å². The molecule has 0 spiro atoms. The highest BCUT2D eigenvalue weighted by molar-refractivity contribution is 6.32. The second kappa shape index (κ2) is 11.4. The third kappa shape index (κ3) is 7.37. The van der Waals surface area contributed by atoms with Gasteiger partial charge in [-0.15, -0.1) is 0 Å². The summed E-state index contributed by atoms with van der Waals surface area (Å²) in [6.45, 7) is 3.49. The Kier molecular flexibility index (Phi) is 9.03. The summed E-state index contributed by atoms with van der Waals surface area (Å²) in [7, 11) is 0. The number of benzene rings is 2. The summed E-state index contributed by atoms with van der Waals surface area (Å²) in [6, 6.07) is 1.13. The van der Waals surface area contributed by atoms with Crippen LogP contribution in [0, 0.1) is 13.8 Å². The molecule has 0 aromatic heterocycles. The zero-order chi connectivity index (χ0) is 32.0. The van der Waals surface area contributed by atoms with Crippen LogP contribution in [0.4, 0.5) is 43.9 Å². The van der Waals surface area contributed by atoms with Crippen molar-refractivity contribution >= 4 is 29.2 Å². The number of alkyl halides is 9. The van der Waals surface area contributed by atoms with Crippen LogP contribution in [0.1, 0.15) is 63.9 Å². The van der Waals surface area contributed by atoms with Crippen molar-refractivity contribution in [2.75, 3.05) is 0 Å². The van der Waals surface area contributed by atoms with Crippen molar-refractivity contribution in [3.05, 3.63) is 74.8 Å². The van der Waals surface area contributed by atoms with Gasteiger partial charge in [0.25, 0.3) is 5.91 Å². The lowest BCUT2D eigenvalue weighted by Gasteiger charge is -2.23. The average Bonchev–Trinajstić information content (AvgIpc) is 3.63. The van der Waals surface area contributed by atoms with Crippen LogP contribution >= 0.6 is 11.6 Å². The Hall–Kier alpha value is -3.29. The molecule has 1 fully saturated rings. The van der Waals surface area contributed by atoms with E-state index in [-0.39, 0.29) is 41.1 Å². The fraction of sp³-hybridized carbons (Fsp3) is 0.407. The van der Waals surface area contributed by atoms with E-state index in [9.17, 15) is 49.1 Å². The molecule has 2 unspecified atom stereocenters. The molecule has 0 radical (unpaired) electrons. The number of aryl methyl sites for hydroxylation is 2. The Morgan fingerprint density at radius 2 is 1.48 bits per heavy atom. The topological polar surface area (TPSA) is 58.2 Å². The van der Waals surface area contributed by atoms with E-state index in [2.05, 4.69) is 0 Å². The minimum Gasteiger partial charge on any atom is -0.343 e. The van der Waals surface area contributed by atoms with Gasteiger partial charge in [-0.25, -0.2) is 4.39 Å². The fourth-order valence-electron chi connectivity index (χ4n) is 4.14. The molecule has 2 atom stereocenters. The molecule has 4 nitrogen and oxygen atoms in total. The molecular weight excluding hydrogens is 610 g/mol. The maximum absolute atomic E-state index is 15.1. The van der Waals surface area contributed by atoms with Crippen molar-refractivity contribution in [2.45, 2.75) is 69.6 Å². The normalized spacial score (nSPS) is 17.0. The van der Waals surface area contributed by atoms with Crippen molar-refractivity contribution in [3.8, 4) is 0 Å². The lowest BCUT2D eigenvalue weighted by Crippen LogP contribution is -2.54. The molecular formula is C27H23ClF10N2O2. The van der Waals surface area contributed by atoms with E-state index in [1.54, 1.807) is 5.32 Å². The quantitative estimate of drug-likeness (QED) is 0.304. The predicted octanol–water partition coefficient (Wildman–Crippen LogP) is 7.96. The molecule has 0 bridgehead atoms. The number of carbonyl (C=O) groups excluding carboxylic acids is 2. The SMILES string of the molecule is Cc1cc(C(/C=C(\F)c2ccc(C(=O)NC3(C(=O)NC(C)C(F)(F)F)CC3)c(C(F)(F)F)c2)C(F)(F)F)cc(C)c1Cl. The first-order chi connectivity index (χ1) is 19.1. The van der Waals surface area contributed by atoms with E-state index < -0.39 is 75.9 Å². The number of hydrogen-bond acceptors (Lipinski definition) is 2. The van der Waals surface area contributed by atoms with E-state index in [4.69, 9.17) is 11.6 Å². The summed E-state index contributed by atoms with van der Waals surface area (Å²) in [4.78, 5) is 25.1. The highest BCUT2D eigenvalue weighted by atomic mass is 35.5. The second-order valence-corrected chi connectivity index (χ2v) is 10.4. The minimum atomic E-state index is -5.30. The zero-order valence-corrected chi connectivity index (χ0v) is 22.8. The van der Waals surface area contributed by atoms with Crippen LogP contribution in [-0.4, -0.2) is 35.7 Å². The van der Waals surface area contributed by atoms with Crippen molar-refractivity contribution in [2.24, 2.45) is 0 Å². The highest BCUT2D eigenvalue weighted by Gasteiger charge is 2.53. The number of carbonyl (C=O) groups is 2. The Bertz CT molecular complexity index is 1390. The Balaban J connectivity index is 1.96. The molecule has 42 heavy (non-hydrogen) atoms. The molecule has 2 N–H and O–H groups in total. The average molecular weight is 633 g/mol. The summed E-state index contributed by atoms with van der Waals surface area (Å²) in [6.07, 6.45) is -15.4. The van der Waals surface area contributed by atoms with Crippen LogP contribution < -0.4 is 10.6 Å². The van der Waals surface area contributed by atoms with E-state index in [0.717, 1.165) is 12.1 Å². The van der Waals surface area contributed by atoms with Crippen molar-refractivity contribution < 1.29 is 53.5 Å². The summed E-state index contributed by atoms with van der Waals surface area (Å²) >= 11 is 5.99. The summed E-state index contributed by atoms with van der Waals surface area (Å²) in [5.41, 5.74) is -5.54. The number of halogens is 11. The Morgan fingerprint density at radius 1 is 0.929 bits per heavy atom. The smallest absolute Gasteiger partial charge is 0.343 e. The molecule has 3 rings (SSSR count). The molecule has 2 amide bonds. The van der Waals surface area contributed by atoms with E-state index in [1.807, 2.05) is 5.32 Å². The molecule has 2 aromatic rings. The number of rotatable bonds is 7. The highest BCUT2D eigenvalue weighted by Crippen LogP contribution is 2.42. The van der Waals surface area contributed by atoms with E-state index in [0.29, 0.717) is 19.1 Å². The van der Waals surface area contributed by atoms with Crippen LogP contribution in [0.5, 0.6) is 0 Å². The number of hydrogen-bond donors (Lipinski definition) is 2. The molecule has 1 aliphatic rings. The molecule has 230 valence electrons. The summed E-state index contributed by atoms with van der Waals surface area (Å²) in [5.74, 6) is -6.98. The van der Waals surface area contributed by atoms with Crippen molar-refractivity contribution in [1.82, 2.24) is 10.6 Å². The van der Waals surface area contributed by atoms with Gasteiger partial charge < -0.3 is 10.6 Å². The van der Waals surface area contributed by atoms with E-state index in [1.165, 1.54) is 13.8 Å². The first-order valence-corrected chi connectivity index (χ1v) is 12.6. The molecule has 1 saturated carbocycles. The lowest BCUT2D eigenvalue weighted by molar-refractivity contribution is -0.159. The van der Waals surface area contributed by atoms with Gasteiger partial charge >= 0.3 is 18.5 Å². The van der Waals surface area contributed by atoms with Gasteiger partial charge in [0.2, 0.25) is 5.91 Å². The summed E-state index contributed by atoms with van der Waals surface area (Å²) in [5, 5.41) is 3.84. The second-order valence-electron chi connectivity index (χ2n) is 10.0. The van der Waals surface area contributed by atoms with Gasteiger partial charge in [-0.05, 0) is 68.5 Å². The van der Waals surface area contributed by atoms with Crippen LogP contribution in [0.15, 0.2) is 36.4 Å². The van der Waals surface area contributed by atoms with Crippen LogP contribution in [0.3, 0.4) is 0 Å². The van der Waals surface area contributed by atoms with Crippen LogP contribution in [0.2, 0.25) is 5.02 Å². The number of allylic oxidation sites excluding steroid dienone is 1. The molecule has 0 heterocycles. The Labute approximate surface area is 238 Å². The van der Waals surface area contributed by atoms with Gasteiger partial charge in [-0.2, -0.15) is 39.5 Å². The molecule has 0 saturated heterocycles. The Morgan fingerprint density at radius 3 is 1.93 bits per heavy atom. The maximum atomic E-state index is 15.1. The first-order valence-electron chi connectivity index (χ1n) is 12.2. The third-order valence-electron chi connectivity index (χ3n) is 6.70. The first kappa shape index (κ1) is 33.2.